The Labute approximate surface area is 173 Å². The number of aryl methyl sites for hydroxylation is 2. The van der Waals surface area contributed by atoms with Gasteiger partial charge in [-0.1, -0.05) is 0 Å². The summed E-state index contributed by atoms with van der Waals surface area (Å²) in [5.41, 5.74) is 3.43. The Morgan fingerprint density at radius 2 is 1.87 bits per heavy atom. The standard InChI is InChI=1S/C20H25N3O7/c1-9-4-12-14(5-10(9)2)23(7-15(25)17(27)16(26)8-24)18-13(21-12)6-11(19(28)22-18)20(29)30-3/h4-5,11,15-17,24-27H,6-8H2,1-3H3/t11?,15-,16+,17-/m0/s1. The average Bonchev–Trinajstić information content (AvgIpc) is 2.73. The highest BCUT2D eigenvalue weighted by atomic mass is 16.5. The van der Waals surface area contributed by atoms with E-state index in [2.05, 4.69) is 14.7 Å². The summed E-state index contributed by atoms with van der Waals surface area (Å²) in [6.07, 6.45) is -4.62. The normalized spacial score (nSPS) is 21.1. The molecule has 0 bridgehead atoms. The van der Waals surface area contributed by atoms with E-state index in [1.54, 1.807) is 0 Å². The van der Waals surface area contributed by atoms with Crippen molar-refractivity contribution in [2.75, 3.05) is 25.2 Å². The first-order valence-electron chi connectivity index (χ1n) is 9.50. The van der Waals surface area contributed by atoms with E-state index >= 15 is 0 Å². The number of hydrogen-bond donors (Lipinski definition) is 4. The third-order valence-electron chi connectivity index (χ3n) is 5.39. The van der Waals surface area contributed by atoms with Crippen LogP contribution in [0.25, 0.3) is 0 Å². The number of ether oxygens (including phenoxy) is 1. The number of carbonyl (C=O) groups is 2. The van der Waals surface area contributed by atoms with Gasteiger partial charge in [0.25, 0.3) is 5.91 Å². The lowest BCUT2D eigenvalue weighted by molar-refractivity contribution is -0.148. The number of aliphatic hydroxyl groups is 4. The molecule has 4 N–H and O–H groups in total. The number of esters is 1. The summed E-state index contributed by atoms with van der Waals surface area (Å²) < 4.78 is 4.68. The Bertz CT molecular complexity index is 927. The Morgan fingerprint density at radius 3 is 2.50 bits per heavy atom. The molecule has 1 unspecified atom stereocenters. The molecule has 0 spiro atoms. The first kappa shape index (κ1) is 22.0. The molecule has 2 heterocycles. The SMILES string of the molecule is COC(=O)C1CC2=Nc3cc(C)c(C)cc3N(C[C@H](O)[C@H](O)[C@H](O)CO)C2=NC1=O. The van der Waals surface area contributed by atoms with Crippen molar-refractivity contribution in [1.82, 2.24) is 0 Å². The quantitative estimate of drug-likeness (QED) is 0.352. The lowest BCUT2D eigenvalue weighted by Gasteiger charge is -2.36. The second kappa shape index (κ2) is 8.60. The second-order valence-electron chi connectivity index (χ2n) is 7.46. The number of rotatable bonds is 6. The fraction of sp³-hybridized carbons (Fsp3) is 0.500. The van der Waals surface area contributed by atoms with Gasteiger partial charge < -0.3 is 30.1 Å². The molecule has 162 valence electrons. The van der Waals surface area contributed by atoms with Crippen LogP contribution in [0.4, 0.5) is 11.4 Å². The van der Waals surface area contributed by atoms with Gasteiger partial charge in [0.1, 0.15) is 24.2 Å². The van der Waals surface area contributed by atoms with E-state index in [1.165, 1.54) is 12.0 Å². The van der Waals surface area contributed by atoms with Crippen LogP contribution < -0.4 is 4.90 Å². The number of aliphatic hydroxyl groups excluding tert-OH is 4. The number of amides is 1. The summed E-state index contributed by atoms with van der Waals surface area (Å²) in [6.45, 7) is 2.87. The smallest absolute Gasteiger partial charge is 0.318 e. The molecule has 0 fully saturated rings. The predicted molar refractivity (Wildman–Crippen MR) is 108 cm³/mol. The molecule has 2 aliphatic rings. The largest absolute Gasteiger partial charge is 0.468 e. The van der Waals surface area contributed by atoms with Gasteiger partial charge in [-0.25, -0.2) is 4.99 Å². The van der Waals surface area contributed by atoms with Gasteiger partial charge in [0.15, 0.2) is 5.84 Å². The van der Waals surface area contributed by atoms with Crippen molar-refractivity contribution >= 4 is 34.8 Å². The molecule has 0 saturated heterocycles. The van der Waals surface area contributed by atoms with Crippen LogP contribution in [0.1, 0.15) is 17.5 Å². The Balaban J connectivity index is 2.06. The van der Waals surface area contributed by atoms with Crippen molar-refractivity contribution in [2.24, 2.45) is 15.9 Å². The van der Waals surface area contributed by atoms with Crippen LogP contribution in [0.15, 0.2) is 22.1 Å². The van der Waals surface area contributed by atoms with Crippen molar-refractivity contribution < 1.29 is 34.8 Å². The number of hydrogen-bond acceptors (Lipinski definition) is 9. The van der Waals surface area contributed by atoms with E-state index in [4.69, 9.17) is 5.11 Å². The van der Waals surface area contributed by atoms with Crippen LogP contribution in [0.3, 0.4) is 0 Å². The van der Waals surface area contributed by atoms with Gasteiger partial charge in [-0.3, -0.25) is 9.59 Å². The number of aliphatic imine (C=N–C) groups is 2. The Morgan fingerprint density at radius 1 is 1.20 bits per heavy atom. The third kappa shape index (κ3) is 3.99. The maximum absolute atomic E-state index is 12.4. The van der Waals surface area contributed by atoms with Crippen LogP contribution in [0.2, 0.25) is 0 Å². The number of nitrogens with zero attached hydrogens (tertiary/aromatic N) is 3. The molecule has 3 rings (SSSR count). The molecule has 30 heavy (non-hydrogen) atoms. The molecule has 1 aromatic carbocycles. The molecule has 0 saturated carbocycles. The number of β-amino-alcohol motifs (C(OH)–C–C–N with tert-alkyl or cyclic N) is 1. The number of benzene rings is 1. The number of fused-ring (bicyclic) bond motifs is 2. The summed E-state index contributed by atoms with van der Waals surface area (Å²) in [7, 11) is 1.19. The summed E-state index contributed by atoms with van der Waals surface area (Å²) in [5.74, 6) is -2.32. The molecule has 0 aliphatic carbocycles. The highest BCUT2D eigenvalue weighted by Crippen LogP contribution is 2.38. The molecule has 1 amide bonds. The zero-order chi connectivity index (χ0) is 22.2. The zero-order valence-corrected chi connectivity index (χ0v) is 16.9. The number of methoxy groups -OCH3 is 1. The van der Waals surface area contributed by atoms with Gasteiger partial charge >= 0.3 is 5.97 Å². The van der Waals surface area contributed by atoms with Crippen LogP contribution in [-0.4, -0.2) is 82.4 Å². The maximum atomic E-state index is 12.4. The fourth-order valence-electron chi connectivity index (χ4n) is 3.45. The van der Waals surface area contributed by atoms with Crippen LogP contribution in [0, 0.1) is 19.8 Å². The van der Waals surface area contributed by atoms with Crippen molar-refractivity contribution in [1.29, 1.82) is 0 Å². The van der Waals surface area contributed by atoms with Crippen molar-refractivity contribution in [3.8, 4) is 0 Å². The van der Waals surface area contributed by atoms with Crippen LogP contribution in [-0.2, 0) is 14.3 Å². The lowest BCUT2D eigenvalue weighted by Crippen LogP contribution is -2.52. The van der Waals surface area contributed by atoms with E-state index in [-0.39, 0.29) is 18.8 Å². The van der Waals surface area contributed by atoms with Crippen LogP contribution in [0.5, 0.6) is 0 Å². The monoisotopic (exact) mass is 419 g/mol. The summed E-state index contributed by atoms with van der Waals surface area (Å²) in [5, 5.41) is 39.2. The van der Waals surface area contributed by atoms with Crippen molar-refractivity contribution in [3.63, 3.8) is 0 Å². The van der Waals surface area contributed by atoms with E-state index in [0.717, 1.165) is 11.1 Å². The molecule has 2 aliphatic heterocycles. The zero-order valence-electron chi connectivity index (χ0n) is 16.9. The van der Waals surface area contributed by atoms with Gasteiger partial charge in [-0.15, -0.1) is 0 Å². The topological polar surface area (TPSA) is 152 Å². The van der Waals surface area contributed by atoms with E-state index in [0.29, 0.717) is 17.1 Å². The average molecular weight is 419 g/mol. The molecule has 1 aromatic rings. The maximum Gasteiger partial charge on any atom is 0.318 e. The fourth-order valence-corrected chi connectivity index (χ4v) is 3.45. The minimum Gasteiger partial charge on any atom is -0.468 e. The molecule has 10 nitrogen and oxygen atoms in total. The molecular weight excluding hydrogens is 394 g/mol. The van der Waals surface area contributed by atoms with E-state index in [1.807, 2.05) is 26.0 Å². The molecule has 10 heteroatoms. The van der Waals surface area contributed by atoms with Crippen LogP contribution >= 0.6 is 0 Å². The van der Waals surface area contributed by atoms with Gasteiger partial charge in [-0.2, -0.15) is 4.99 Å². The van der Waals surface area contributed by atoms with E-state index in [9.17, 15) is 24.9 Å². The molecular formula is C20H25N3O7. The summed E-state index contributed by atoms with van der Waals surface area (Å²) in [4.78, 5) is 34.5. The minimum atomic E-state index is -1.62. The number of amidine groups is 1. The minimum absolute atomic E-state index is 0.00881. The van der Waals surface area contributed by atoms with Gasteiger partial charge in [0.2, 0.25) is 0 Å². The highest BCUT2D eigenvalue weighted by Gasteiger charge is 2.40. The number of anilines is 1. The molecule has 0 aromatic heterocycles. The Hall–Kier alpha value is -2.66. The summed E-state index contributed by atoms with van der Waals surface area (Å²) in [6, 6.07) is 3.67. The first-order chi connectivity index (χ1) is 14.2. The highest BCUT2D eigenvalue weighted by molar-refractivity contribution is 6.51. The lowest BCUT2D eigenvalue weighted by atomic mass is 9.94. The van der Waals surface area contributed by atoms with Gasteiger partial charge in [0.05, 0.1) is 37.3 Å². The number of carbonyl (C=O) groups excluding carboxylic acids is 2. The first-order valence-corrected chi connectivity index (χ1v) is 9.50. The third-order valence-corrected chi connectivity index (χ3v) is 5.39. The van der Waals surface area contributed by atoms with Crippen molar-refractivity contribution in [3.05, 3.63) is 23.3 Å². The summed E-state index contributed by atoms with van der Waals surface area (Å²) >= 11 is 0. The predicted octanol–water partition coefficient (Wildman–Crippen LogP) is -0.611. The second-order valence-corrected chi connectivity index (χ2v) is 7.46. The van der Waals surface area contributed by atoms with Gasteiger partial charge in [0, 0.05) is 6.42 Å². The molecule has 0 radical (unpaired) electrons. The molecule has 4 atom stereocenters. The van der Waals surface area contributed by atoms with Crippen molar-refractivity contribution in [2.45, 2.75) is 38.6 Å². The van der Waals surface area contributed by atoms with Gasteiger partial charge in [-0.05, 0) is 37.1 Å². The Kier molecular flexibility index (Phi) is 6.32. The van der Waals surface area contributed by atoms with E-state index < -0.39 is 42.7 Å².